The number of fused-ring (bicyclic) bond motifs is 1. The van der Waals surface area contributed by atoms with Gasteiger partial charge >= 0.3 is 5.97 Å². The number of ether oxygens (including phenoxy) is 4. The largest absolute Gasteiger partial charge is 0.507 e. The number of carbonyl (C=O) groups excluding carboxylic acids is 1. The molecule has 3 aliphatic heterocycles. The molecule has 0 radical (unpaired) electrons. The van der Waals surface area contributed by atoms with Crippen LogP contribution in [0.5, 0.6) is 17.2 Å². The van der Waals surface area contributed by atoms with E-state index < -0.39 is 60.1 Å². The molecule has 3 saturated heterocycles. The zero-order chi connectivity index (χ0) is 41.2. The van der Waals surface area contributed by atoms with Crippen molar-refractivity contribution in [3.8, 4) is 17.2 Å². The molecule has 7 rings (SSSR count). The van der Waals surface area contributed by atoms with Gasteiger partial charge in [0.1, 0.15) is 47.1 Å². The van der Waals surface area contributed by atoms with E-state index in [1.807, 2.05) is 30.3 Å². The van der Waals surface area contributed by atoms with Crippen molar-refractivity contribution in [3.63, 3.8) is 0 Å². The summed E-state index contributed by atoms with van der Waals surface area (Å²) in [6.07, 6.45) is -0.560. The zero-order valence-corrected chi connectivity index (χ0v) is 34.2. The summed E-state index contributed by atoms with van der Waals surface area (Å²) >= 11 is 0. The van der Waals surface area contributed by atoms with Gasteiger partial charge in [-0.2, -0.15) is 0 Å². The first kappa shape index (κ1) is 43.0. The molecular formula is C43H54O13S2. The van der Waals surface area contributed by atoms with E-state index >= 15 is 0 Å². The summed E-state index contributed by atoms with van der Waals surface area (Å²) < 4.78 is 25.2. The quantitative estimate of drug-likeness (QED) is 0.0712. The van der Waals surface area contributed by atoms with Gasteiger partial charge < -0.3 is 54.7 Å². The third-order valence-corrected chi connectivity index (χ3v) is 15.3. The molecule has 58 heavy (non-hydrogen) atoms. The van der Waals surface area contributed by atoms with Crippen LogP contribution in [0.1, 0.15) is 83.2 Å². The molecule has 1 aliphatic carbocycles. The Balaban J connectivity index is 1.20. The van der Waals surface area contributed by atoms with Crippen molar-refractivity contribution in [2.75, 3.05) is 38.1 Å². The lowest BCUT2D eigenvalue weighted by Gasteiger charge is -2.54. The Labute approximate surface area is 345 Å². The predicted molar refractivity (Wildman–Crippen MR) is 218 cm³/mol. The number of phenols is 2. The Morgan fingerprint density at radius 2 is 1.78 bits per heavy atom. The fraction of sp³-hybridized carbons (Fsp3) is 0.581. The number of ketones is 1. The van der Waals surface area contributed by atoms with Crippen molar-refractivity contribution in [1.29, 1.82) is 0 Å². The molecule has 4 aliphatic rings. The molecule has 1 spiro atoms. The molecule has 15 heteroatoms. The van der Waals surface area contributed by atoms with Gasteiger partial charge in [0, 0.05) is 41.8 Å². The molecule has 3 aromatic carbocycles. The smallest absolute Gasteiger partial charge is 0.335 e. The van der Waals surface area contributed by atoms with Crippen LogP contribution in [0.25, 0.3) is 10.8 Å². The lowest BCUT2D eigenvalue weighted by Crippen LogP contribution is -2.69. The lowest BCUT2D eigenvalue weighted by molar-refractivity contribution is -0.323. The lowest BCUT2D eigenvalue weighted by atomic mass is 9.56. The molecule has 3 heterocycles. The predicted octanol–water partition coefficient (Wildman–Crippen LogP) is 5.60. The summed E-state index contributed by atoms with van der Waals surface area (Å²) in [6.45, 7) is 2.23. The molecule has 0 amide bonds. The summed E-state index contributed by atoms with van der Waals surface area (Å²) in [7, 11) is 3.11. The number of aromatic carboxylic acids is 1. The summed E-state index contributed by atoms with van der Waals surface area (Å²) in [5.74, 6) is -1.34. The average Bonchev–Trinajstić information content (AvgIpc) is 3.26. The van der Waals surface area contributed by atoms with Gasteiger partial charge in [0.05, 0.1) is 29.7 Å². The second-order valence-corrected chi connectivity index (χ2v) is 18.8. The summed E-state index contributed by atoms with van der Waals surface area (Å²) in [5.41, 5.74) is -1.23. The van der Waals surface area contributed by atoms with Gasteiger partial charge in [-0.05, 0) is 80.9 Å². The molecule has 1 saturated carbocycles. The maximum Gasteiger partial charge on any atom is 0.335 e. The minimum Gasteiger partial charge on any atom is -0.507 e. The molecule has 0 unspecified atom stereocenters. The highest BCUT2D eigenvalue weighted by Crippen LogP contribution is 2.56. The Kier molecular flexibility index (Phi) is 13.5. The fourth-order valence-electron chi connectivity index (χ4n) is 10.2. The van der Waals surface area contributed by atoms with E-state index in [-0.39, 0.29) is 69.9 Å². The van der Waals surface area contributed by atoms with E-state index in [1.165, 1.54) is 17.7 Å². The molecule has 9 atom stereocenters. The van der Waals surface area contributed by atoms with Crippen molar-refractivity contribution in [1.82, 2.24) is 0 Å². The van der Waals surface area contributed by atoms with Gasteiger partial charge in [-0.3, -0.25) is 4.79 Å². The van der Waals surface area contributed by atoms with Crippen LogP contribution in [0.3, 0.4) is 0 Å². The number of carboxylic acid groups (broad SMARTS) is 1. The maximum absolute atomic E-state index is 13.6. The highest BCUT2D eigenvalue weighted by atomic mass is 33.1. The zero-order valence-electron chi connectivity index (χ0n) is 32.6. The van der Waals surface area contributed by atoms with Gasteiger partial charge in [0.2, 0.25) is 6.29 Å². The molecule has 0 aromatic heterocycles. The molecule has 13 nitrogen and oxygen atoms in total. The number of carboxylic acids is 1. The van der Waals surface area contributed by atoms with Crippen molar-refractivity contribution in [3.05, 3.63) is 64.7 Å². The number of hydrogen-bond acceptors (Lipinski definition) is 14. The number of phenolic OH excluding ortho intramolecular Hbond substituents is 2. The summed E-state index contributed by atoms with van der Waals surface area (Å²) in [6, 6.07) is 11.6. The molecule has 4 fully saturated rings. The van der Waals surface area contributed by atoms with Gasteiger partial charge in [-0.1, -0.05) is 64.8 Å². The molecule has 7 N–H and O–H groups in total. The van der Waals surface area contributed by atoms with Crippen LogP contribution in [0.4, 0.5) is 0 Å². The number of carbonyl (C=O) groups is 2. The number of benzene rings is 3. The van der Waals surface area contributed by atoms with Gasteiger partial charge in [-0.25, -0.2) is 4.79 Å². The molecule has 0 bridgehead atoms. The molecular weight excluding hydrogens is 789 g/mol. The SMILES string of the molecule is Cc1c(C(=O)CCc2ccccc2)c(O)c2c(O[C@H]3O[C@H](CO)[C@@]4(CC[C@H]5CCC[C@@H]6COC[C@](CCCO)(CSSCO4)[C@@H]56)[C@H](O)[C@H]3O)cc(C(=O)O)cc2c1O. The third kappa shape index (κ3) is 8.18. The van der Waals surface area contributed by atoms with Gasteiger partial charge in [0.15, 0.2) is 5.78 Å². The summed E-state index contributed by atoms with van der Waals surface area (Å²) in [5, 5.41) is 77.5. The minimum absolute atomic E-state index is 0.000139. The number of aromatic hydroxyl groups is 2. The highest BCUT2D eigenvalue weighted by molar-refractivity contribution is 8.76. The monoisotopic (exact) mass is 842 g/mol. The maximum atomic E-state index is 13.6. The van der Waals surface area contributed by atoms with Gasteiger partial charge in [-0.15, -0.1) is 0 Å². The van der Waals surface area contributed by atoms with E-state index in [2.05, 4.69) is 0 Å². The van der Waals surface area contributed by atoms with Crippen LogP contribution in [-0.4, -0.2) is 116 Å². The van der Waals surface area contributed by atoms with Crippen molar-refractivity contribution < 1.29 is 64.3 Å². The number of rotatable bonds is 11. The minimum atomic E-state index is -1.78. The van der Waals surface area contributed by atoms with Crippen LogP contribution >= 0.6 is 21.6 Å². The molecule has 316 valence electrons. The first-order chi connectivity index (χ1) is 27.9. The topological polar surface area (TPSA) is 213 Å². The number of aliphatic hydroxyl groups excluding tert-OH is 4. The van der Waals surface area contributed by atoms with Crippen LogP contribution in [-0.2, 0) is 20.6 Å². The standard InChI is InChI=1S/C43H54O13S2/c1-24-33(30(46)12-11-25-7-3-2-4-8-25)37(48)34-29(36(24)47)17-28(40(51)52)18-31(34)55-41-38(49)39(50)43(32(19-45)56-41)15-13-26-9-5-10-27-20-53-21-42(35(26)27,14-6-16-44)22-57-58-23-54-43/h2-4,7-8,17-18,26-27,32,35,38-39,41,44-45,47-50H,5-6,9-16,19-23H2,1H3,(H,51,52)/t26-,27-,32-,35+,38-,39-,41+,42-,43+/m1/s1. The van der Waals surface area contributed by atoms with E-state index in [1.54, 1.807) is 10.8 Å². The van der Waals surface area contributed by atoms with E-state index in [0.29, 0.717) is 44.3 Å². The van der Waals surface area contributed by atoms with Crippen LogP contribution in [0.2, 0.25) is 0 Å². The van der Waals surface area contributed by atoms with Crippen LogP contribution < -0.4 is 4.74 Å². The Morgan fingerprint density at radius 1 is 1.00 bits per heavy atom. The third-order valence-electron chi connectivity index (χ3n) is 13.1. The Bertz CT molecular complexity index is 1940. The Morgan fingerprint density at radius 3 is 2.52 bits per heavy atom. The number of aryl methyl sites for hydroxylation is 1. The first-order valence-electron chi connectivity index (χ1n) is 20.1. The number of aliphatic hydroxyl groups is 4. The van der Waals surface area contributed by atoms with Gasteiger partial charge in [0.25, 0.3) is 0 Å². The second kappa shape index (κ2) is 18.2. The fourth-order valence-corrected chi connectivity index (χ4v) is 12.6. The number of Topliss-reactive ketones (excluding diaryl/α,β-unsaturated/α-hetero) is 1. The van der Waals surface area contributed by atoms with Crippen molar-refractivity contribution in [2.24, 2.45) is 23.2 Å². The van der Waals surface area contributed by atoms with Crippen molar-refractivity contribution in [2.45, 2.75) is 94.9 Å². The Hall–Kier alpha value is -3.12. The highest BCUT2D eigenvalue weighted by Gasteiger charge is 2.59. The van der Waals surface area contributed by atoms with Crippen molar-refractivity contribution >= 4 is 44.1 Å². The van der Waals surface area contributed by atoms with E-state index in [0.717, 1.165) is 49.1 Å². The van der Waals surface area contributed by atoms with E-state index in [4.69, 9.17) is 18.9 Å². The van der Waals surface area contributed by atoms with Crippen LogP contribution in [0, 0.1) is 30.1 Å². The molecule has 3 aromatic rings. The van der Waals surface area contributed by atoms with E-state index in [9.17, 15) is 45.3 Å². The first-order valence-corrected chi connectivity index (χ1v) is 22.6. The average molecular weight is 843 g/mol. The van der Waals surface area contributed by atoms with Crippen LogP contribution in [0.15, 0.2) is 42.5 Å². The summed E-state index contributed by atoms with van der Waals surface area (Å²) in [4.78, 5) is 26.0. The number of hydrogen-bond donors (Lipinski definition) is 7. The second-order valence-electron chi connectivity index (χ2n) is 16.4. The normalized spacial score (nSPS) is 31.6.